The molecule has 0 unspecified atom stereocenters. The molecule has 0 spiro atoms. The third-order valence-electron chi connectivity index (χ3n) is 2.86. The Bertz CT molecular complexity index is 309. The zero-order valence-corrected chi connectivity index (χ0v) is 9.56. The van der Waals surface area contributed by atoms with Gasteiger partial charge in [-0.15, -0.1) is 0 Å². The van der Waals surface area contributed by atoms with Gasteiger partial charge in [-0.25, -0.2) is 8.78 Å². The first-order valence-electron chi connectivity index (χ1n) is 5.33. The molecule has 0 atom stereocenters. The Balaban J connectivity index is 0.00000256. The van der Waals surface area contributed by atoms with Gasteiger partial charge in [-0.1, -0.05) is 0 Å². The number of ether oxygens (including phenoxy) is 1. The minimum absolute atomic E-state index is 0. The van der Waals surface area contributed by atoms with E-state index in [1.54, 1.807) is 6.92 Å². The minimum atomic E-state index is -2.58. The normalized spacial score (nSPS) is 22.5. The number of carbonyl (C=O) groups excluding carboxylic acids is 1. The molecular weight excluding hydrogens is 216 g/mol. The molecule has 0 heterocycles. The summed E-state index contributed by atoms with van der Waals surface area (Å²) in [5.74, 6) is -2.69. The third-order valence-corrected chi connectivity index (χ3v) is 2.86. The fourth-order valence-electron chi connectivity index (χ4n) is 1.57. The molecule has 1 fully saturated rings. The van der Waals surface area contributed by atoms with Crippen molar-refractivity contribution in [1.29, 1.82) is 0 Å². The highest BCUT2D eigenvalue weighted by atomic mass is 19.3. The van der Waals surface area contributed by atoms with Crippen LogP contribution in [0.25, 0.3) is 0 Å². The summed E-state index contributed by atoms with van der Waals surface area (Å²) in [5, 5.41) is 0. The molecule has 16 heavy (non-hydrogen) atoms. The second kappa shape index (κ2) is 4.80. The van der Waals surface area contributed by atoms with Crippen molar-refractivity contribution in [3.8, 4) is 0 Å². The van der Waals surface area contributed by atoms with Crippen molar-refractivity contribution in [1.82, 2.24) is 0 Å². The van der Waals surface area contributed by atoms with Crippen LogP contribution in [0.5, 0.6) is 0 Å². The van der Waals surface area contributed by atoms with Gasteiger partial charge in [-0.05, 0) is 26.7 Å². The molecule has 94 valence electrons. The largest absolute Gasteiger partial charge is 0.476 e. The fourth-order valence-corrected chi connectivity index (χ4v) is 1.57. The van der Waals surface area contributed by atoms with Crippen molar-refractivity contribution in [3.63, 3.8) is 0 Å². The maximum atomic E-state index is 12.8. The molecule has 5 heteroatoms. The van der Waals surface area contributed by atoms with Crippen molar-refractivity contribution >= 4 is 5.78 Å². The number of alkyl halides is 2. The monoisotopic (exact) mass is 235 g/mol. The van der Waals surface area contributed by atoms with Crippen molar-refractivity contribution < 1.29 is 19.7 Å². The van der Waals surface area contributed by atoms with Crippen LogP contribution in [0.4, 0.5) is 8.78 Å². The molecule has 1 aliphatic rings. The van der Waals surface area contributed by atoms with E-state index < -0.39 is 5.92 Å². The molecule has 0 aromatic rings. The summed E-state index contributed by atoms with van der Waals surface area (Å²) >= 11 is 0. The molecular formula is C11H19F2NO2. The molecule has 1 rings (SSSR count). The van der Waals surface area contributed by atoms with Crippen molar-refractivity contribution in [2.45, 2.75) is 51.6 Å². The Labute approximate surface area is 95.1 Å². The van der Waals surface area contributed by atoms with Crippen LogP contribution >= 0.6 is 0 Å². The van der Waals surface area contributed by atoms with Crippen molar-refractivity contribution in [3.05, 3.63) is 11.5 Å². The molecule has 0 aromatic carbocycles. The van der Waals surface area contributed by atoms with E-state index in [4.69, 9.17) is 10.5 Å². The summed E-state index contributed by atoms with van der Waals surface area (Å²) in [6.45, 7) is 2.95. The van der Waals surface area contributed by atoms with Crippen LogP contribution in [0.2, 0.25) is 0 Å². The first-order chi connectivity index (χ1) is 7.32. The number of nitrogens with two attached hydrogens (primary N) is 1. The topological polar surface area (TPSA) is 52.3 Å². The SMILES string of the molecule is CC(=O)/C(C)=C(\N)OC1CCC(F)(F)CC1.[HH]. The number of hydrogen-bond donors (Lipinski definition) is 1. The second-order valence-corrected chi connectivity index (χ2v) is 4.22. The molecule has 0 saturated heterocycles. The predicted octanol–water partition coefficient (Wildman–Crippen LogP) is 2.61. The lowest BCUT2D eigenvalue weighted by molar-refractivity contribution is -0.114. The summed E-state index contributed by atoms with van der Waals surface area (Å²) in [4.78, 5) is 11.0. The van der Waals surface area contributed by atoms with Gasteiger partial charge in [0, 0.05) is 14.3 Å². The molecule has 0 radical (unpaired) electrons. The van der Waals surface area contributed by atoms with Crippen LogP contribution < -0.4 is 5.73 Å². The van der Waals surface area contributed by atoms with Crippen LogP contribution in [-0.4, -0.2) is 17.8 Å². The number of allylic oxidation sites excluding steroid dienone is 1. The van der Waals surface area contributed by atoms with Crippen LogP contribution in [-0.2, 0) is 9.53 Å². The highest BCUT2D eigenvalue weighted by Crippen LogP contribution is 2.34. The first kappa shape index (κ1) is 12.9. The first-order valence-corrected chi connectivity index (χ1v) is 5.33. The van der Waals surface area contributed by atoms with Gasteiger partial charge in [0.1, 0.15) is 6.10 Å². The van der Waals surface area contributed by atoms with Gasteiger partial charge in [0.2, 0.25) is 5.92 Å². The third kappa shape index (κ3) is 3.47. The number of carbonyl (C=O) groups is 1. The Morgan fingerprint density at radius 2 is 1.88 bits per heavy atom. The minimum Gasteiger partial charge on any atom is -0.476 e. The highest BCUT2D eigenvalue weighted by molar-refractivity contribution is 5.92. The Morgan fingerprint density at radius 1 is 1.38 bits per heavy atom. The molecule has 0 bridgehead atoms. The lowest BCUT2D eigenvalue weighted by Gasteiger charge is -2.28. The number of hydrogen-bond acceptors (Lipinski definition) is 3. The maximum absolute atomic E-state index is 12.8. The predicted molar refractivity (Wildman–Crippen MR) is 58.0 cm³/mol. The molecule has 1 aliphatic carbocycles. The van der Waals surface area contributed by atoms with Gasteiger partial charge in [-0.2, -0.15) is 0 Å². The van der Waals surface area contributed by atoms with Crippen LogP contribution in [0.3, 0.4) is 0 Å². The Kier molecular flexibility index (Phi) is 3.88. The molecule has 1 saturated carbocycles. The summed E-state index contributed by atoms with van der Waals surface area (Å²) in [5.41, 5.74) is 5.91. The van der Waals surface area contributed by atoms with E-state index in [1.165, 1.54) is 6.92 Å². The summed E-state index contributed by atoms with van der Waals surface area (Å²) in [6.07, 6.45) is -0.0970. The van der Waals surface area contributed by atoms with Crippen LogP contribution in [0, 0.1) is 0 Å². The quantitative estimate of drug-likeness (QED) is 0.604. The Morgan fingerprint density at radius 3 is 2.31 bits per heavy atom. The number of ketones is 1. The number of Topliss-reactive ketones (excluding diaryl/α,β-unsaturated/α-hetero) is 1. The standard InChI is InChI=1S/C11H17F2NO2.H2/c1-7(8(2)15)10(14)16-9-3-5-11(12,13)6-4-9;/h9H,3-6,14H2,1-2H3;1H/b10-7+;. The Hall–Kier alpha value is -1.13. The maximum Gasteiger partial charge on any atom is 0.248 e. The molecule has 0 amide bonds. The number of halogens is 2. The highest BCUT2D eigenvalue weighted by Gasteiger charge is 2.35. The van der Waals surface area contributed by atoms with E-state index in [0.29, 0.717) is 5.57 Å². The summed E-state index contributed by atoms with van der Waals surface area (Å²) < 4.78 is 31.0. The van der Waals surface area contributed by atoms with E-state index >= 15 is 0 Å². The molecule has 2 N–H and O–H groups in total. The van der Waals surface area contributed by atoms with Gasteiger partial charge in [0.05, 0.1) is 5.57 Å². The summed E-state index contributed by atoms with van der Waals surface area (Å²) in [6, 6.07) is 0. The molecule has 0 aromatic heterocycles. The molecule has 3 nitrogen and oxygen atoms in total. The van der Waals surface area contributed by atoms with Gasteiger partial charge >= 0.3 is 0 Å². The lowest BCUT2D eigenvalue weighted by atomic mass is 9.94. The second-order valence-electron chi connectivity index (χ2n) is 4.22. The van der Waals surface area contributed by atoms with Crippen LogP contribution in [0.1, 0.15) is 41.0 Å². The van der Waals surface area contributed by atoms with Gasteiger partial charge in [0.15, 0.2) is 11.7 Å². The average Bonchev–Trinajstić information content (AvgIpc) is 2.19. The van der Waals surface area contributed by atoms with E-state index in [1.807, 2.05) is 0 Å². The van der Waals surface area contributed by atoms with Crippen molar-refractivity contribution in [2.24, 2.45) is 5.73 Å². The van der Waals surface area contributed by atoms with E-state index in [-0.39, 0.29) is 44.9 Å². The zero-order chi connectivity index (χ0) is 12.3. The lowest BCUT2D eigenvalue weighted by Crippen LogP contribution is -2.30. The summed E-state index contributed by atoms with van der Waals surface area (Å²) in [7, 11) is 0. The molecule has 0 aliphatic heterocycles. The zero-order valence-electron chi connectivity index (χ0n) is 9.56. The number of rotatable bonds is 3. The van der Waals surface area contributed by atoms with E-state index in [9.17, 15) is 13.6 Å². The van der Waals surface area contributed by atoms with E-state index in [0.717, 1.165) is 0 Å². The van der Waals surface area contributed by atoms with Gasteiger partial charge in [0.25, 0.3) is 0 Å². The average molecular weight is 235 g/mol. The van der Waals surface area contributed by atoms with E-state index in [2.05, 4.69) is 0 Å². The van der Waals surface area contributed by atoms with Crippen LogP contribution in [0.15, 0.2) is 11.5 Å². The van der Waals surface area contributed by atoms with Gasteiger partial charge < -0.3 is 10.5 Å². The fraction of sp³-hybridized carbons (Fsp3) is 0.727. The smallest absolute Gasteiger partial charge is 0.248 e. The van der Waals surface area contributed by atoms with Crippen molar-refractivity contribution in [2.75, 3.05) is 0 Å². The van der Waals surface area contributed by atoms with Gasteiger partial charge in [-0.3, -0.25) is 4.79 Å².